The third kappa shape index (κ3) is 3.10. The summed E-state index contributed by atoms with van der Waals surface area (Å²) in [7, 11) is 1.60. The van der Waals surface area contributed by atoms with Crippen molar-refractivity contribution in [2.45, 2.75) is 112 Å². The van der Waals surface area contributed by atoms with Gasteiger partial charge in [0.2, 0.25) is 0 Å². The molecular weight excluding hydrogens is 452 g/mol. The number of fused-ring (bicyclic) bond motifs is 7. The van der Waals surface area contributed by atoms with Crippen molar-refractivity contribution in [3.05, 3.63) is 0 Å². The van der Waals surface area contributed by atoms with Crippen molar-refractivity contribution in [2.75, 3.05) is 7.11 Å². The molecule has 4 heteroatoms. The number of ether oxygens (including phenoxy) is 1. The minimum atomic E-state index is -0.292. The van der Waals surface area contributed by atoms with Crippen LogP contribution >= 0.6 is 12.6 Å². The van der Waals surface area contributed by atoms with Crippen LogP contribution in [0.25, 0.3) is 0 Å². The smallest absolute Gasteiger partial charge is 0.312 e. The molecule has 0 heterocycles. The average Bonchev–Trinajstić information content (AvgIpc) is 3.18. The van der Waals surface area contributed by atoms with Gasteiger partial charge < -0.3 is 4.74 Å². The molecule has 0 aliphatic heterocycles. The monoisotopic (exact) mass is 502 g/mol. The van der Waals surface area contributed by atoms with Gasteiger partial charge in [-0.15, -0.1) is 0 Å². The summed E-state index contributed by atoms with van der Waals surface area (Å²) in [6.07, 6.45) is 10.0. The van der Waals surface area contributed by atoms with E-state index >= 15 is 0 Å². The molecule has 5 saturated carbocycles. The first-order valence-electron chi connectivity index (χ1n) is 14.5. The zero-order chi connectivity index (χ0) is 25.8. The Morgan fingerprint density at radius 2 is 1.60 bits per heavy atom. The number of thiol groups is 1. The molecule has 198 valence electrons. The number of rotatable bonds is 2. The summed E-state index contributed by atoms with van der Waals surface area (Å²) in [4.78, 5) is 26.6. The van der Waals surface area contributed by atoms with Gasteiger partial charge in [0.25, 0.3) is 0 Å². The predicted octanol–water partition coefficient (Wildman–Crippen LogP) is 7.37. The topological polar surface area (TPSA) is 43.4 Å². The molecule has 0 saturated heterocycles. The molecule has 5 rings (SSSR count). The van der Waals surface area contributed by atoms with Crippen LogP contribution in [-0.4, -0.2) is 24.1 Å². The summed E-state index contributed by atoms with van der Waals surface area (Å²) in [5.41, 5.74) is 0.0422. The molecule has 0 spiro atoms. The van der Waals surface area contributed by atoms with Gasteiger partial charge >= 0.3 is 5.97 Å². The number of carbonyl (C=O) groups excluding carboxylic acids is 2. The second-order valence-corrected chi connectivity index (χ2v) is 15.7. The molecule has 5 aliphatic carbocycles. The van der Waals surface area contributed by atoms with E-state index in [9.17, 15) is 9.59 Å². The molecule has 10 atom stereocenters. The summed E-state index contributed by atoms with van der Waals surface area (Å²) >= 11 is 4.86. The van der Waals surface area contributed by atoms with Crippen molar-refractivity contribution < 1.29 is 14.3 Å². The Balaban J connectivity index is 1.57. The van der Waals surface area contributed by atoms with Crippen LogP contribution in [0.1, 0.15) is 106 Å². The van der Waals surface area contributed by atoms with Crippen molar-refractivity contribution in [2.24, 2.45) is 62.6 Å². The SMILES string of the molecule is COC(=O)[C@]12CC[C@@H](C(C)C)[C@@H]1[C@H]1CC[C@@H]3[C@@]4(C)CC(S)C(=O)C(C)(C)[C@@H]4CC[C@@]3(C)[C@]1(C)CC2. The molecule has 1 unspecified atom stereocenters. The zero-order valence-electron chi connectivity index (χ0n) is 23.6. The highest BCUT2D eigenvalue weighted by Gasteiger charge is 2.72. The Hall–Kier alpha value is -0.510. The minimum absolute atomic E-state index is 0.0705. The Morgan fingerprint density at radius 1 is 0.914 bits per heavy atom. The van der Waals surface area contributed by atoms with Gasteiger partial charge in [-0.2, -0.15) is 12.6 Å². The Kier molecular flexibility index (Phi) is 5.97. The van der Waals surface area contributed by atoms with Crippen molar-refractivity contribution >= 4 is 24.4 Å². The fourth-order valence-corrected chi connectivity index (χ4v) is 12.6. The first-order valence-corrected chi connectivity index (χ1v) is 15.0. The maximum Gasteiger partial charge on any atom is 0.312 e. The number of ketones is 1. The van der Waals surface area contributed by atoms with Crippen LogP contribution in [0.5, 0.6) is 0 Å². The lowest BCUT2D eigenvalue weighted by Crippen LogP contribution is -2.67. The van der Waals surface area contributed by atoms with Gasteiger partial charge in [0.1, 0.15) is 0 Å². The first-order chi connectivity index (χ1) is 16.2. The maximum absolute atomic E-state index is 13.4. The van der Waals surface area contributed by atoms with E-state index in [1.54, 1.807) is 7.11 Å². The number of carbonyl (C=O) groups is 2. The van der Waals surface area contributed by atoms with E-state index in [2.05, 4.69) is 48.5 Å². The van der Waals surface area contributed by atoms with Crippen molar-refractivity contribution in [3.63, 3.8) is 0 Å². The van der Waals surface area contributed by atoms with Crippen molar-refractivity contribution in [3.8, 4) is 0 Å². The summed E-state index contributed by atoms with van der Waals surface area (Å²) < 4.78 is 5.52. The van der Waals surface area contributed by atoms with Crippen LogP contribution in [0.3, 0.4) is 0 Å². The van der Waals surface area contributed by atoms with Gasteiger partial charge in [0.05, 0.1) is 17.8 Å². The highest BCUT2D eigenvalue weighted by molar-refractivity contribution is 7.81. The Morgan fingerprint density at radius 3 is 2.23 bits per heavy atom. The number of Topliss-reactive ketones (excluding diaryl/α,β-unsaturated/α-hetero) is 1. The quantitative estimate of drug-likeness (QED) is 0.316. The molecule has 0 aromatic heterocycles. The van der Waals surface area contributed by atoms with Gasteiger partial charge in [-0.25, -0.2) is 0 Å². The van der Waals surface area contributed by atoms with Crippen molar-refractivity contribution in [1.29, 1.82) is 0 Å². The minimum Gasteiger partial charge on any atom is -0.469 e. The number of hydrogen-bond acceptors (Lipinski definition) is 4. The normalized spacial score (nSPS) is 52.8. The van der Waals surface area contributed by atoms with E-state index in [-0.39, 0.29) is 38.3 Å². The zero-order valence-corrected chi connectivity index (χ0v) is 24.5. The molecule has 3 nitrogen and oxygen atoms in total. The van der Waals surface area contributed by atoms with Crippen LogP contribution in [0.4, 0.5) is 0 Å². The molecule has 0 amide bonds. The largest absolute Gasteiger partial charge is 0.469 e. The third-order valence-electron chi connectivity index (χ3n) is 13.6. The Bertz CT molecular complexity index is 911. The number of methoxy groups -OCH3 is 1. The standard InChI is InChI=1S/C31H50O3S/c1-18(2)19-11-14-31(26(33)34-8)16-15-29(6)20(24(19)31)9-10-23-28(5)17-21(35)25(32)27(3,4)22(28)12-13-30(23,29)7/h18-24,35H,9-17H2,1-8H3/t19-,20+,21?,22-,23+,24+,28-,29+,30+,31-/m0/s1. The fourth-order valence-electron chi connectivity index (χ4n) is 11.9. The van der Waals surface area contributed by atoms with Crippen LogP contribution in [0, 0.1) is 62.6 Å². The summed E-state index contributed by atoms with van der Waals surface area (Å²) in [5.74, 6) is 3.72. The van der Waals surface area contributed by atoms with E-state index in [1.807, 2.05) is 0 Å². The second-order valence-electron chi connectivity index (χ2n) is 15.1. The molecule has 0 aromatic rings. The lowest BCUT2D eigenvalue weighted by atomic mass is 9.32. The van der Waals surface area contributed by atoms with E-state index < -0.39 is 0 Å². The number of esters is 1. The highest BCUT2D eigenvalue weighted by Crippen LogP contribution is 2.77. The molecule has 0 N–H and O–H groups in total. The summed E-state index contributed by atoms with van der Waals surface area (Å²) in [6.45, 7) is 16.9. The van der Waals surface area contributed by atoms with E-state index in [1.165, 1.54) is 25.7 Å². The molecule has 35 heavy (non-hydrogen) atoms. The van der Waals surface area contributed by atoms with Crippen molar-refractivity contribution in [1.82, 2.24) is 0 Å². The first kappa shape index (κ1) is 26.1. The molecular formula is C31H50O3S. The Labute approximate surface area is 219 Å². The van der Waals surface area contributed by atoms with Gasteiger partial charge in [0.15, 0.2) is 5.78 Å². The van der Waals surface area contributed by atoms with Crippen LogP contribution in [0.2, 0.25) is 0 Å². The highest BCUT2D eigenvalue weighted by atomic mass is 32.1. The fraction of sp³-hybridized carbons (Fsp3) is 0.935. The summed E-state index contributed by atoms with van der Waals surface area (Å²) in [6, 6.07) is 0. The second kappa shape index (κ2) is 8.00. The van der Waals surface area contributed by atoms with Crippen LogP contribution in [-0.2, 0) is 14.3 Å². The van der Waals surface area contributed by atoms with Crippen LogP contribution in [0.15, 0.2) is 0 Å². The van der Waals surface area contributed by atoms with Gasteiger partial charge in [0, 0.05) is 5.41 Å². The lowest BCUT2D eigenvalue weighted by Gasteiger charge is -2.72. The maximum atomic E-state index is 13.4. The van der Waals surface area contributed by atoms with E-state index in [0.717, 1.165) is 32.1 Å². The lowest BCUT2D eigenvalue weighted by molar-refractivity contribution is -0.237. The molecule has 5 aliphatic rings. The van der Waals surface area contributed by atoms with Crippen LogP contribution < -0.4 is 0 Å². The molecule has 0 radical (unpaired) electrons. The number of hydrogen-bond donors (Lipinski definition) is 1. The molecule has 0 aromatic carbocycles. The summed E-state index contributed by atoms with van der Waals surface area (Å²) in [5, 5.41) is -0.141. The van der Waals surface area contributed by atoms with Gasteiger partial charge in [-0.3, -0.25) is 9.59 Å². The van der Waals surface area contributed by atoms with E-state index in [4.69, 9.17) is 17.4 Å². The predicted molar refractivity (Wildman–Crippen MR) is 144 cm³/mol. The van der Waals surface area contributed by atoms with Gasteiger partial charge in [-0.05, 0) is 110 Å². The molecule has 5 fully saturated rings. The van der Waals surface area contributed by atoms with E-state index in [0.29, 0.717) is 41.3 Å². The molecule has 0 bridgehead atoms. The van der Waals surface area contributed by atoms with Gasteiger partial charge in [-0.1, -0.05) is 48.5 Å². The average molecular weight is 503 g/mol. The third-order valence-corrected chi connectivity index (χ3v) is 14.1.